The van der Waals surface area contributed by atoms with Crippen molar-refractivity contribution in [1.29, 1.82) is 0 Å². The van der Waals surface area contributed by atoms with E-state index in [1.807, 2.05) is 19.4 Å². The van der Waals surface area contributed by atoms with Crippen LogP contribution >= 0.6 is 0 Å². The molecule has 1 unspecified atom stereocenters. The molecule has 2 N–H and O–H groups in total. The Bertz CT molecular complexity index is 299. The average molecular weight is 220 g/mol. The van der Waals surface area contributed by atoms with Crippen molar-refractivity contribution in [2.75, 3.05) is 33.2 Å². The summed E-state index contributed by atoms with van der Waals surface area (Å²) in [5.41, 5.74) is 1.35. The van der Waals surface area contributed by atoms with Gasteiger partial charge < -0.3 is 10.6 Å². The predicted octanol–water partition coefficient (Wildman–Crippen LogP) is 0.0748. The first-order valence-electron chi connectivity index (χ1n) is 5.87. The average Bonchev–Trinajstić information content (AvgIpc) is 2.31. The molecule has 1 atom stereocenters. The van der Waals surface area contributed by atoms with Crippen molar-refractivity contribution >= 4 is 0 Å². The third-order valence-electron chi connectivity index (χ3n) is 2.95. The molecule has 2 rings (SSSR count). The third-order valence-corrected chi connectivity index (χ3v) is 2.95. The van der Waals surface area contributed by atoms with Crippen molar-refractivity contribution in [3.63, 3.8) is 0 Å². The second-order valence-electron chi connectivity index (χ2n) is 4.30. The van der Waals surface area contributed by atoms with Crippen molar-refractivity contribution in [1.82, 2.24) is 20.5 Å². The molecule has 88 valence electrons. The van der Waals surface area contributed by atoms with Crippen molar-refractivity contribution < 1.29 is 0 Å². The van der Waals surface area contributed by atoms with Crippen LogP contribution in [0.5, 0.6) is 0 Å². The van der Waals surface area contributed by atoms with Crippen LogP contribution in [-0.4, -0.2) is 49.2 Å². The zero-order chi connectivity index (χ0) is 11.2. The van der Waals surface area contributed by atoms with E-state index in [1.54, 1.807) is 0 Å². The maximum atomic E-state index is 4.04. The van der Waals surface area contributed by atoms with Gasteiger partial charge in [0, 0.05) is 51.2 Å². The van der Waals surface area contributed by atoms with Gasteiger partial charge in [-0.25, -0.2) is 0 Å². The minimum atomic E-state index is 0.570. The Kier molecular flexibility index (Phi) is 4.27. The van der Waals surface area contributed by atoms with Gasteiger partial charge in [-0.2, -0.15) is 0 Å². The molecule has 0 amide bonds. The van der Waals surface area contributed by atoms with E-state index in [0.717, 1.165) is 32.7 Å². The summed E-state index contributed by atoms with van der Waals surface area (Å²) in [6.07, 6.45) is 3.73. The second-order valence-corrected chi connectivity index (χ2v) is 4.30. The Morgan fingerprint density at radius 3 is 3.06 bits per heavy atom. The van der Waals surface area contributed by atoms with E-state index in [-0.39, 0.29) is 0 Å². The van der Waals surface area contributed by atoms with Crippen LogP contribution in [-0.2, 0) is 6.54 Å². The lowest BCUT2D eigenvalue weighted by atomic mass is 10.2. The standard InChI is InChI=1S/C12H20N4/c1-13-8-12-10-16(7-6-15-12)9-11-2-4-14-5-3-11/h2-5,12-13,15H,6-10H2,1H3. The summed E-state index contributed by atoms with van der Waals surface area (Å²) < 4.78 is 0. The second kappa shape index (κ2) is 5.94. The monoisotopic (exact) mass is 220 g/mol. The molecule has 4 heteroatoms. The van der Waals surface area contributed by atoms with Crippen LogP contribution in [0.2, 0.25) is 0 Å². The molecule has 1 aromatic rings. The summed E-state index contributed by atoms with van der Waals surface area (Å²) in [6.45, 7) is 5.39. The van der Waals surface area contributed by atoms with E-state index < -0.39 is 0 Å². The maximum absolute atomic E-state index is 4.04. The maximum Gasteiger partial charge on any atom is 0.0320 e. The number of aromatic nitrogens is 1. The SMILES string of the molecule is CNCC1CN(Cc2ccncc2)CCN1. The molecule has 0 saturated carbocycles. The molecule has 1 saturated heterocycles. The lowest BCUT2D eigenvalue weighted by Gasteiger charge is -2.33. The lowest BCUT2D eigenvalue weighted by Crippen LogP contribution is -2.53. The molecule has 4 nitrogen and oxygen atoms in total. The van der Waals surface area contributed by atoms with E-state index in [1.165, 1.54) is 5.56 Å². The Balaban J connectivity index is 1.85. The summed E-state index contributed by atoms with van der Waals surface area (Å²) in [5, 5.41) is 6.74. The van der Waals surface area contributed by atoms with Gasteiger partial charge in [-0.15, -0.1) is 0 Å². The summed E-state index contributed by atoms with van der Waals surface area (Å²) in [5.74, 6) is 0. The molecule has 1 aliphatic rings. The normalized spacial score (nSPS) is 22.2. The van der Waals surface area contributed by atoms with E-state index in [0.29, 0.717) is 6.04 Å². The van der Waals surface area contributed by atoms with E-state index in [4.69, 9.17) is 0 Å². The Labute approximate surface area is 97.1 Å². The Hall–Kier alpha value is -0.970. The van der Waals surface area contributed by atoms with E-state index >= 15 is 0 Å². The van der Waals surface area contributed by atoms with Crippen LogP contribution in [0.4, 0.5) is 0 Å². The largest absolute Gasteiger partial charge is 0.318 e. The number of hydrogen-bond donors (Lipinski definition) is 2. The Morgan fingerprint density at radius 1 is 1.50 bits per heavy atom. The lowest BCUT2D eigenvalue weighted by molar-refractivity contribution is 0.191. The number of likely N-dealkylation sites (N-methyl/N-ethyl adjacent to an activating group) is 1. The molecule has 0 radical (unpaired) electrons. The van der Waals surface area contributed by atoms with Crippen LogP contribution in [0.25, 0.3) is 0 Å². The molecule has 1 aromatic heterocycles. The van der Waals surface area contributed by atoms with Crippen LogP contribution in [0.1, 0.15) is 5.56 Å². The number of nitrogens with zero attached hydrogens (tertiary/aromatic N) is 2. The highest BCUT2D eigenvalue weighted by molar-refractivity contribution is 5.09. The van der Waals surface area contributed by atoms with Crippen LogP contribution in [0.3, 0.4) is 0 Å². The van der Waals surface area contributed by atoms with Crippen molar-refractivity contribution in [2.24, 2.45) is 0 Å². The number of hydrogen-bond acceptors (Lipinski definition) is 4. The zero-order valence-corrected chi connectivity index (χ0v) is 9.82. The molecule has 0 aromatic carbocycles. The van der Waals surface area contributed by atoms with Crippen molar-refractivity contribution in [3.8, 4) is 0 Å². The first kappa shape index (κ1) is 11.5. The first-order chi connectivity index (χ1) is 7.88. The minimum absolute atomic E-state index is 0.570. The van der Waals surface area contributed by atoms with Crippen LogP contribution in [0, 0.1) is 0 Å². The molecule has 0 spiro atoms. The Morgan fingerprint density at radius 2 is 2.31 bits per heavy atom. The molecule has 1 fully saturated rings. The van der Waals surface area contributed by atoms with Gasteiger partial charge in [-0.05, 0) is 24.7 Å². The summed E-state index contributed by atoms with van der Waals surface area (Å²) in [6, 6.07) is 4.75. The quantitative estimate of drug-likeness (QED) is 0.753. The van der Waals surface area contributed by atoms with E-state index in [9.17, 15) is 0 Å². The van der Waals surface area contributed by atoms with E-state index in [2.05, 4.69) is 32.7 Å². The van der Waals surface area contributed by atoms with Crippen LogP contribution < -0.4 is 10.6 Å². The highest BCUT2D eigenvalue weighted by Gasteiger charge is 2.18. The summed E-state index contributed by atoms with van der Waals surface area (Å²) >= 11 is 0. The van der Waals surface area contributed by atoms with Gasteiger partial charge in [-0.1, -0.05) is 0 Å². The molecule has 1 aliphatic heterocycles. The molecular formula is C12H20N4. The van der Waals surface area contributed by atoms with Crippen molar-refractivity contribution in [2.45, 2.75) is 12.6 Å². The molecule has 0 aliphatic carbocycles. The number of rotatable bonds is 4. The van der Waals surface area contributed by atoms with Gasteiger partial charge in [-0.3, -0.25) is 9.88 Å². The van der Waals surface area contributed by atoms with Gasteiger partial charge in [0.1, 0.15) is 0 Å². The van der Waals surface area contributed by atoms with Gasteiger partial charge in [0.15, 0.2) is 0 Å². The molecule has 0 bridgehead atoms. The van der Waals surface area contributed by atoms with Crippen LogP contribution in [0.15, 0.2) is 24.5 Å². The summed E-state index contributed by atoms with van der Waals surface area (Å²) in [4.78, 5) is 6.54. The molecular weight excluding hydrogens is 200 g/mol. The third kappa shape index (κ3) is 3.27. The topological polar surface area (TPSA) is 40.2 Å². The van der Waals surface area contributed by atoms with Gasteiger partial charge >= 0.3 is 0 Å². The van der Waals surface area contributed by atoms with Gasteiger partial charge in [0.25, 0.3) is 0 Å². The predicted molar refractivity (Wildman–Crippen MR) is 65.2 cm³/mol. The molecule has 2 heterocycles. The molecule has 16 heavy (non-hydrogen) atoms. The smallest absolute Gasteiger partial charge is 0.0320 e. The first-order valence-corrected chi connectivity index (χ1v) is 5.87. The van der Waals surface area contributed by atoms with Crippen molar-refractivity contribution in [3.05, 3.63) is 30.1 Å². The number of nitrogens with one attached hydrogen (secondary N) is 2. The minimum Gasteiger partial charge on any atom is -0.318 e. The highest BCUT2D eigenvalue weighted by Crippen LogP contribution is 2.06. The summed E-state index contributed by atoms with van der Waals surface area (Å²) in [7, 11) is 2.00. The van der Waals surface area contributed by atoms with Gasteiger partial charge in [0.05, 0.1) is 0 Å². The fraction of sp³-hybridized carbons (Fsp3) is 0.583. The zero-order valence-electron chi connectivity index (χ0n) is 9.82. The highest BCUT2D eigenvalue weighted by atomic mass is 15.2. The number of pyridine rings is 1. The van der Waals surface area contributed by atoms with Gasteiger partial charge in [0.2, 0.25) is 0 Å². The fourth-order valence-corrected chi connectivity index (χ4v) is 2.17. The number of piperazine rings is 1. The fourth-order valence-electron chi connectivity index (χ4n) is 2.17.